The van der Waals surface area contributed by atoms with E-state index in [-0.39, 0.29) is 0 Å². The number of anilines is 1. The smallest absolute Gasteiger partial charge is 0.180 e. The molecule has 0 spiro atoms. The number of hydrogen-bond acceptors (Lipinski definition) is 6. The average Bonchev–Trinajstić information content (AvgIpc) is 2.53. The van der Waals surface area contributed by atoms with Crippen LogP contribution < -0.4 is 5.32 Å². The van der Waals surface area contributed by atoms with Crippen molar-refractivity contribution in [3.05, 3.63) is 36.2 Å². The lowest BCUT2D eigenvalue weighted by Gasteiger charge is -2.23. The van der Waals surface area contributed by atoms with Crippen LogP contribution in [0, 0.1) is 0 Å². The minimum atomic E-state index is -0.776. The van der Waals surface area contributed by atoms with E-state index in [0.717, 1.165) is 17.8 Å². The molecule has 22 heavy (non-hydrogen) atoms. The van der Waals surface area contributed by atoms with Crippen LogP contribution >= 0.6 is 11.8 Å². The van der Waals surface area contributed by atoms with Gasteiger partial charge in [0.05, 0.1) is 5.60 Å². The molecule has 0 saturated heterocycles. The Kier molecular flexibility index (Phi) is 5.74. The summed E-state index contributed by atoms with van der Waals surface area (Å²) < 4.78 is 0. The van der Waals surface area contributed by atoms with Crippen molar-refractivity contribution in [3.8, 4) is 11.5 Å². The molecule has 5 nitrogen and oxygen atoms in total. The van der Waals surface area contributed by atoms with Crippen molar-refractivity contribution in [2.24, 2.45) is 0 Å². The molecule has 1 unspecified atom stereocenters. The molecule has 0 aliphatic heterocycles. The molecule has 2 aromatic rings. The van der Waals surface area contributed by atoms with Crippen molar-refractivity contribution in [2.75, 3.05) is 23.9 Å². The van der Waals surface area contributed by atoms with Crippen LogP contribution in [0.25, 0.3) is 11.5 Å². The van der Waals surface area contributed by atoms with Gasteiger partial charge in [0.1, 0.15) is 11.5 Å². The van der Waals surface area contributed by atoms with Gasteiger partial charge in [-0.1, -0.05) is 13.0 Å². The van der Waals surface area contributed by atoms with Crippen molar-refractivity contribution in [2.45, 2.75) is 25.9 Å². The summed E-state index contributed by atoms with van der Waals surface area (Å²) in [4.78, 5) is 13.3. The lowest BCUT2D eigenvalue weighted by molar-refractivity contribution is 0.0996. The number of thioether (sulfide) groups is 1. The number of hydrogen-bond donors (Lipinski definition) is 2. The minimum absolute atomic E-state index is 0.440. The van der Waals surface area contributed by atoms with Crippen LogP contribution in [0.1, 0.15) is 19.5 Å². The molecular formula is C16H22N4OS. The quantitative estimate of drug-likeness (QED) is 0.818. The van der Waals surface area contributed by atoms with Crippen LogP contribution in [0.15, 0.2) is 30.5 Å². The zero-order chi connectivity index (χ0) is 16.0. The second kappa shape index (κ2) is 7.56. The number of rotatable bonds is 7. The molecule has 2 aromatic heterocycles. The number of pyridine rings is 1. The molecule has 0 bridgehead atoms. The van der Waals surface area contributed by atoms with E-state index in [9.17, 15) is 5.11 Å². The number of aryl methyl sites for hydroxylation is 1. The zero-order valence-electron chi connectivity index (χ0n) is 13.2. The van der Waals surface area contributed by atoms with E-state index in [0.29, 0.717) is 23.9 Å². The standard InChI is InChI=1S/C16H22N4OS/c1-4-12-9-14(18-10-16(2,21)11-22-3)20-15(19-12)13-7-5-6-8-17-13/h5-9,21H,4,10-11H2,1-3H3,(H,18,19,20). The first-order valence-electron chi connectivity index (χ1n) is 7.28. The van der Waals surface area contributed by atoms with Crippen molar-refractivity contribution in [1.29, 1.82) is 0 Å². The zero-order valence-corrected chi connectivity index (χ0v) is 14.0. The molecule has 0 aliphatic rings. The third-order valence-electron chi connectivity index (χ3n) is 3.14. The molecule has 2 heterocycles. The van der Waals surface area contributed by atoms with Gasteiger partial charge in [-0.2, -0.15) is 11.8 Å². The fraction of sp³-hybridized carbons (Fsp3) is 0.438. The van der Waals surface area contributed by atoms with E-state index in [1.165, 1.54) is 0 Å². The minimum Gasteiger partial charge on any atom is -0.387 e. The van der Waals surface area contributed by atoms with Gasteiger partial charge in [0.2, 0.25) is 0 Å². The Balaban J connectivity index is 2.21. The van der Waals surface area contributed by atoms with Crippen LogP contribution in [0.4, 0.5) is 5.82 Å². The monoisotopic (exact) mass is 318 g/mol. The van der Waals surface area contributed by atoms with Crippen molar-refractivity contribution >= 4 is 17.6 Å². The highest BCUT2D eigenvalue weighted by atomic mass is 32.2. The lowest BCUT2D eigenvalue weighted by atomic mass is 10.1. The summed E-state index contributed by atoms with van der Waals surface area (Å²) in [5, 5.41) is 13.5. The van der Waals surface area contributed by atoms with Gasteiger partial charge < -0.3 is 10.4 Å². The van der Waals surface area contributed by atoms with E-state index in [4.69, 9.17) is 0 Å². The van der Waals surface area contributed by atoms with Gasteiger partial charge in [-0.3, -0.25) is 4.98 Å². The maximum atomic E-state index is 10.2. The highest BCUT2D eigenvalue weighted by Gasteiger charge is 2.19. The van der Waals surface area contributed by atoms with Crippen molar-refractivity contribution < 1.29 is 5.11 Å². The molecule has 0 saturated carbocycles. The topological polar surface area (TPSA) is 70.9 Å². The van der Waals surface area contributed by atoms with Crippen LogP contribution in [0.2, 0.25) is 0 Å². The number of nitrogens with zero attached hydrogens (tertiary/aromatic N) is 3. The third kappa shape index (κ3) is 4.68. The maximum Gasteiger partial charge on any atom is 0.180 e. The first-order chi connectivity index (χ1) is 10.5. The van der Waals surface area contributed by atoms with Gasteiger partial charge in [-0.15, -0.1) is 0 Å². The van der Waals surface area contributed by atoms with Gasteiger partial charge in [0, 0.05) is 30.3 Å². The van der Waals surface area contributed by atoms with Crippen LogP contribution in [-0.4, -0.2) is 44.2 Å². The summed E-state index contributed by atoms with van der Waals surface area (Å²) >= 11 is 1.62. The third-order valence-corrected chi connectivity index (χ3v) is 4.05. The van der Waals surface area contributed by atoms with Gasteiger partial charge in [-0.05, 0) is 31.7 Å². The summed E-state index contributed by atoms with van der Waals surface area (Å²) in [7, 11) is 0. The summed E-state index contributed by atoms with van der Waals surface area (Å²) in [5.41, 5.74) is 0.918. The number of nitrogens with one attached hydrogen (secondary N) is 1. The normalized spacial score (nSPS) is 13.6. The Bertz CT molecular complexity index is 604. The fourth-order valence-electron chi connectivity index (χ4n) is 2.02. The number of aromatic nitrogens is 3. The van der Waals surface area contributed by atoms with Crippen LogP contribution in [0.3, 0.4) is 0 Å². The second-order valence-corrected chi connectivity index (χ2v) is 6.29. The summed E-state index contributed by atoms with van der Waals surface area (Å²) in [6.45, 7) is 4.31. The van der Waals surface area contributed by atoms with E-state index < -0.39 is 5.60 Å². The largest absolute Gasteiger partial charge is 0.387 e. The highest BCUT2D eigenvalue weighted by Crippen LogP contribution is 2.17. The van der Waals surface area contributed by atoms with E-state index >= 15 is 0 Å². The average molecular weight is 318 g/mol. The summed E-state index contributed by atoms with van der Waals surface area (Å²) in [5.74, 6) is 1.99. The van der Waals surface area contributed by atoms with Crippen molar-refractivity contribution in [3.63, 3.8) is 0 Å². The molecule has 0 aromatic carbocycles. The summed E-state index contributed by atoms with van der Waals surface area (Å²) in [6.07, 6.45) is 4.53. The predicted molar refractivity (Wildman–Crippen MR) is 92.1 cm³/mol. The fourth-order valence-corrected chi connectivity index (χ4v) is 2.75. The van der Waals surface area contributed by atoms with Crippen LogP contribution in [-0.2, 0) is 6.42 Å². The number of aliphatic hydroxyl groups is 1. The Morgan fingerprint density at radius 2 is 2.14 bits per heavy atom. The van der Waals surface area contributed by atoms with Gasteiger partial charge in [-0.25, -0.2) is 9.97 Å². The molecule has 1 atom stereocenters. The Morgan fingerprint density at radius 3 is 2.77 bits per heavy atom. The Morgan fingerprint density at radius 1 is 1.32 bits per heavy atom. The molecule has 118 valence electrons. The molecule has 6 heteroatoms. The SMILES string of the molecule is CCc1cc(NCC(C)(O)CSC)nc(-c2ccccn2)n1. The van der Waals surface area contributed by atoms with Gasteiger partial charge in [0.15, 0.2) is 5.82 Å². The highest BCUT2D eigenvalue weighted by molar-refractivity contribution is 7.98. The molecule has 2 rings (SSSR count). The molecular weight excluding hydrogens is 296 g/mol. The lowest BCUT2D eigenvalue weighted by Crippen LogP contribution is -2.36. The van der Waals surface area contributed by atoms with E-state index in [1.807, 2.05) is 37.4 Å². The predicted octanol–water partition coefficient (Wildman–Crippen LogP) is 2.63. The summed E-state index contributed by atoms with van der Waals surface area (Å²) in [6, 6.07) is 7.59. The Labute approximate surface area is 135 Å². The van der Waals surface area contributed by atoms with Crippen molar-refractivity contribution in [1.82, 2.24) is 15.0 Å². The Hall–Kier alpha value is -1.66. The molecule has 0 aliphatic carbocycles. The maximum absolute atomic E-state index is 10.2. The van der Waals surface area contributed by atoms with Crippen LogP contribution in [0.5, 0.6) is 0 Å². The van der Waals surface area contributed by atoms with E-state index in [2.05, 4.69) is 27.2 Å². The van der Waals surface area contributed by atoms with E-state index in [1.54, 1.807) is 18.0 Å². The first-order valence-corrected chi connectivity index (χ1v) is 8.68. The molecule has 0 fully saturated rings. The molecule has 2 N–H and O–H groups in total. The second-order valence-electron chi connectivity index (χ2n) is 5.42. The molecule has 0 amide bonds. The van der Waals surface area contributed by atoms with Gasteiger partial charge in [0.25, 0.3) is 0 Å². The molecule has 0 radical (unpaired) electrons. The first kappa shape index (κ1) is 16.7. The van der Waals surface area contributed by atoms with Gasteiger partial charge >= 0.3 is 0 Å².